The van der Waals surface area contributed by atoms with Crippen LogP contribution in [0.5, 0.6) is 0 Å². The maximum absolute atomic E-state index is 10.6. The predicted octanol–water partition coefficient (Wildman–Crippen LogP) is 2.71. The predicted molar refractivity (Wildman–Crippen MR) is 62.4 cm³/mol. The molecule has 0 saturated heterocycles. The minimum atomic E-state index is -1.42. The van der Waals surface area contributed by atoms with Crippen LogP contribution in [0.2, 0.25) is 0 Å². The molecule has 2 N–H and O–H groups in total. The molecular formula is C13H18O3. The highest BCUT2D eigenvalue weighted by Gasteiger charge is 2.16. The van der Waals surface area contributed by atoms with E-state index in [1.54, 1.807) is 12.1 Å². The number of carbonyl (C=O) groups is 1. The van der Waals surface area contributed by atoms with Gasteiger partial charge in [-0.2, -0.15) is 0 Å². The summed E-state index contributed by atoms with van der Waals surface area (Å²) in [6.07, 6.45) is 0.713. The summed E-state index contributed by atoms with van der Waals surface area (Å²) < 4.78 is 0. The van der Waals surface area contributed by atoms with E-state index in [1.165, 1.54) is 5.56 Å². The van der Waals surface area contributed by atoms with E-state index in [1.807, 2.05) is 12.1 Å². The van der Waals surface area contributed by atoms with Crippen LogP contribution >= 0.6 is 0 Å². The van der Waals surface area contributed by atoms with Crippen LogP contribution in [-0.2, 0) is 4.79 Å². The fourth-order valence-corrected chi connectivity index (χ4v) is 1.85. The van der Waals surface area contributed by atoms with Crippen molar-refractivity contribution in [2.24, 2.45) is 0 Å². The molecule has 0 aliphatic heterocycles. The highest BCUT2D eigenvalue weighted by Crippen LogP contribution is 2.24. The molecule has 0 saturated carbocycles. The van der Waals surface area contributed by atoms with E-state index in [-0.39, 0.29) is 0 Å². The summed E-state index contributed by atoms with van der Waals surface area (Å²) in [5.74, 6) is -0.702. The van der Waals surface area contributed by atoms with Crippen LogP contribution in [0.1, 0.15) is 49.8 Å². The number of hydrogen-bond donors (Lipinski definition) is 2. The molecule has 0 radical (unpaired) electrons. The van der Waals surface area contributed by atoms with Gasteiger partial charge in [0, 0.05) is 0 Å². The third-order valence-electron chi connectivity index (χ3n) is 2.94. The van der Waals surface area contributed by atoms with Crippen LogP contribution in [0.3, 0.4) is 0 Å². The maximum atomic E-state index is 10.6. The number of rotatable bonds is 5. The van der Waals surface area contributed by atoms with Crippen molar-refractivity contribution in [1.82, 2.24) is 0 Å². The average molecular weight is 222 g/mol. The minimum Gasteiger partial charge on any atom is -0.479 e. The number of aliphatic carboxylic acids is 1. The van der Waals surface area contributed by atoms with Crippen LogP contribution in [0, 0.1) is 0 Å². The Morgan fingerprint density at radius 1 is 1.12 bits per heavy atom. The Bertz CT molecular complexity index is 339. The van der Waals surface area contributed by atoms with Gasteiger partial charge in [-0.15, -0.1) is 0 Å². The van der Waals surface area contributed by atoms with Gasteiger partial charge >= 0.3 is 5.97 Å². The number of carboxylic acids is 1. The van der Waals surface area contributed by atoms with Crippen LogP contribution < -0.4 is 0 Å². The van der Waals surface area contributed by atoms with E-state index in [4.69, 9.17) is 5.11 Å². The van der Waals surface area contributed by atoms with Crippen molar-refractivity contribution in [2.75, 3.05) is 0 Å². The molecule has 1 unspecified atom stereocenters. The first-order chi connectivity index (χ1) is 7.60. The van der Waals surface area contributed by atoms with Gasteiger partial charge < -0.3 is 10.2 Å². The zero-order valence-corrected chi connectivity index (χ0v) is 9.68. The van der Waals surface area contributed by atoms with Gasteiger partial charge in [0.15, 0.2) is 6.10 Å². The fraction of sp³-hybridized carbons (Fsp3) is 0.462. The lowest BCUT2D eigenvalue weighted by Gasteiger charge is -2.13. The van der Waals surface area contributed by atoms with Gasteiger partial charge in [0.2, 0.25) is 0 Å². The standard InChI is InChI=1S/C13H18O3/c1-3-9(4-2)10-5-7-11(8-6-10)12(14)13(15)16/h5-9,12,14H,3-4H2,1-2H3,(H,15,16). The number of benzene rings is 1. The van der Waals surface area contributed by atoms with Gasteiger partial charge in [-0.25, -0.2) is 4.79 Å². The van der Waals surface area contributed by atoms with Gasteiger partial charge in [-0.1, -0.05) is 38.1 Å². The second-order valence-electron chi connectivity index (χ2n) is 3.92. The van der Waals surface area contributed by atoms with Crippen molar-refractivity contribution in [3.8, 4) is 0 Å². The molecular weight excluding hydrogens is 204 g/mol. The molecule has 1 aromatic carbocycles. The Morgan fingerprint density at radius 3 is 1.94 bits per heavy atom. The van der Waals surface area contributed by atoms with Crippen LogP contribution in [0.15, 0.2) is 24.3 Å². The molecule has 0 aliphatic carbocycles. The van der Waals surface area contributed by atoms with Crippen LogP contribution in [-0.4, -0.2) is 16.2 Å². The first-order valence-corrected chi connectivity index (χ1v) is 5.60. The van der Waals surface area contributed by atoms with Crippen molar-refractivity contribution >= 4 is 5.97 Å². The van der Waals surface area contributed by atoms with Gasteiger partial charge in [0.25, 0.3) is 0 Å². The lowest BCUT2D eigenvalue weighted by Crippen LogP contribution is -2.10. The van der Waals surface area contributed by atoms with E-state index in [0.717, 1.165) is 12.8 Å². The van der Waals surface area contributed by atoms with Gasteiger partial charge in [-0.3, -0.25) is 0 Å². The van der Waals surface area contributed by atoms with Crippen molar-refractivity contribution < 1.29 is 15.0 Å². The monoisotopic (exact) mass is 222 g/mol. The molecule has 88 valence electrons. The van der Waals surface area contributed by atoms with E-state index in [0.29, 0.717) is 11.5 Å². The molecule has 0 bridgehead atoms. The average Bonchev–Trinajstić information content (AvgIpc) is 2.30. The molecule has 0 amide bonds. The molecule has 0 fully saturated rings. The summed E-state index contributed by atoms with van der Waals surface area (Å²) in [5.41, 5.74) is 1.63. The van der Waals surface area contributed by atoms with E-state index in [2.05, 4.69) is 13.8 Å². The van der Waals surface area contributed by atoms with Gasteiger partial charge in [0.05, 0.1) is 0 Å². The van der Waals surface area contributed by atoms with E-state index >= 15 is 0 Å². The molecule has 1 rings (SSSR count). The smallest absolute Gasteiger partial charge is 0.337 e. The summed E-state index contributed by atoms with van der Waals surface area (Å²) >= 11 is 0. The maximum Gasteiger partial charge on any atom is 0.337 e. The number of hydrogen-bond acceptors (Lipinski definition) is 2. The Hall–Kier alpha value is -1.35. The molecule has 1 atom stereocenters. The molecule has 3 heteroatoms. The fourth-order valence-electron chi connectivity index (χ4n) is 1.85. The Labute approximate surface area is 95.7 Å². The molecule has 0 aromatic heterocycles. The zero-order valence-electron chi connectivity index (χ0n) is 9.68. The Kier molecular flexibility index (Phi) is 4.50. The minimum absolute atomic E-state index is 0.433. The molecule has 16 heavy (non-hydrogen) atoms. The third-order valence-corrected chi connectivity index (χ3v) is 2.94. The van der Waals surface area contributed by atoms with Crippen molar-refractivity contribution in [3.63, 3.8) is 0 Å². The van der Waals surface area contributed by atoms with Crippen LogP contribution in [0.25, 0.3) is 0 Å². The lowest BCUT2D eigenvalue weighted by molar-refractivity contribution is -0.146. The first-order valence-electron chi connectivity index (χ1n) is 5.60. The Balaban J connectivity index is 2.86. The highest BCUT2D eigenvalue weighted by atomic mass is 16.4. The molecule has 1 aromatic rings. The number of aliphatic hydroxyl groups is 1. The van der Waals surface area contributed by atoms with Crippen molar-refractivity contribution in [2.45, 2.75) is 38.7 Å². The lowest BCUT2D eigenvalue weighted by atomic mass is 9.93. The zero-order chi connectivity index (χ0) is 12.1. The first kappa shape index (κ1) is 12.7. The van der Waals surface area contributed by atoms with E-state index < -0.39 is 12.1 Å². The normalized spacial score (nSPS) is 12.8. The summed E-state index contributed by atoms with van der Waals surface area (Å²) in [6.45, 7) is 4.27. The number of carboxylic acid groups (broad SMARTS) is 1. The summed E-state index contributed by atoms with van der Waals surface area (Å²) in [7, 11) is 0. The quantitative estimate of drug-likeness (QED) is 0.805. The largest absolute Gasteiger partial charge is 0.479 e. The van der Waals surface area contributed by atoms with Crippen LogP contribution in [0.4, 0.5) is 0 Å². The molecule has 0 heterocycles. The molecule has 0 spiro atoms. The van der Waals surface area contributed by atoms with Crippen molar-refractivity contribution in [3.05, 3.63) is 35.4 Å². The second kappa shape index (κ2) is 5.66. The number of aliphatic hydroxyl groups excluding tert-OH is 1. The van der Waals surface area contributed by atoms with Crippen molar-refractivity contribution in [1.29, 1.82) is 0 Å². The molecule has 0 aliphatic rings. The van der Waals surface area contributed by atoms with Gasteiger partial charge in [0.1, 0.15) is 0 Å². The SMILES string of the molecule is CCC(CC)c1ccc(C(O)C(=O)O)cc1. The van der Waals surface area contributed by atoms with E-state index in [9.17, 15) is 9.90 Å². The van der Waals surface area contributed by atoms with Gasteiger partial charge in [-0.05, 0) is 29.9 Å². The topological polar surface area (TPSA) is 57.5 Å². The summed E-state index contributed by atoms with van der Waals surface area (Å²) in [4.78, 5) is 10.6. The highest BCUT2D eigenvalue weighted by molar-refractivity contribution is 5.73. The summed E-state index contributed by atoms with van der Waals surface area (Å²) in [6, 6.07) is 7.18. The summed E-state index contributed by atoms with van der Waals surface area (Å²) in [5, 5.41) is 18.0. The Morgan fingerprint density at radius 2 is 1.56 bits per heavy atom. The second-order valence-corrected chi connectivity index (χ2v) is 3.92. The molecule has 3 nitrogen and oxygen atoms in total. The third kappa shape index (κ3) is 2.83.